The molecule has 0 atom stereocenters. The zero-order valence-electron chi connectivity index (χ0n) is 11.8. The van der Waals surface area contributed by atoms with Crippen LogP contribution in [0.3, 0.4) is 0 Å². The summed E-state index contributed by atoms with van der Waals surface area (Å²) in [5.41, 5.74) is 1.46. The lowest BCUT2D eigenvalue weighted by Gasteiger charge is -2.29. The van der Waals surface area contributed by atoms with Gasteiger partial charge >= 0.3 is 12.0 Å². The Morgan fingerprint density at radius 2 is 1.90 bits per heavy atom. The van der Waals surface area contributed by atoms with Crippen LogP contribution < -0.4 is 5.32 Å². The van der Waals surface area contributed by atoms with Gasteiger partial charge in [-0.15, -0.1) is 0 Å². The smallest absolute Gasteiger partial charge is 0.321 e. The number of carbonyl (C=O) groups excluding carboxylic acids is 1. The van der Waals surface area contributed by atoms with E-state index in [-0.39, 0.29) is 18.6 Å². The van der Waals surface area contributed by atoms with Gasteiger partial charge in [0.25, 0.3) is 0 Å². The highest BCUT2D eigenvalue weighted by Crippen LogP contribution is 2.18. The number of aryl methyl sites for hydroxylation is 1. The number of aliphatic hydroxyl groups excluding tert-OH is 1. The summed E-state index contributed by atoms with van der Waals surface area (Å²) in [7, 11) is 0. The Kier molecular flexibility index (Phi) is 5.16. The van der Waals surface area contributed by atoms with Crippen LogP contribution in [0.2, 0.25) is 0 Å². The van der Waals surface area contributed by atoms with E-state index in [4.69, 9.17) is 5.11 Å². The minimum Gasteiger partial charge on any atom is -0.481 e. The van der Waals surface area contributed by atoms with Crippen molar-refractivity contribution in [1.29, 1.82) is 0 Å². The number of benzene rings is 1. The van der Waals surface area contributed by atoms with Gasteiger partial charge in [-0.1, -0.05) is 18.2 Å². The van der Waals surface area contributed by atoms with E-state index in [9.17, 15) is 14.7 Å². The number of urea groups is 1. The molecule has 1 aliphatic heterocycles. The molecule has 0 radical (unpaired) electrons. The van der Waals surface area contributed by atoms with Crippen LogP contribution in [0.4, 0.5) is 10.5 Å². The van der Waals surface area contributed by atoms with Crippen molar-refractivity contribution in [2.24, 2.45) is 0 Å². The SMILES string of the molecule is O=C(O)CCc1ccccc1NC(=O)N1CCC(O)CC1. The number of carboxylic acid groups (broad SMARTS) is 1. The first-order valence-corrected chi connectivity index (χ1v) is 7.10. The lowest BCUT2D eigenvalue weighted by molar-refractivity contribution is -0.136. The molecule has 6 heteroatoms. The fourth-order valence-corrected chi connectivity index (χ4v) is 2.37. The monoisotopic (exact) mass is 292 g/mol. The molecule has 2 amide bonds. The molecule has 1 aromatic rings. The Morgan fingerprint density at radius 1 is 1.24 bits per heavy atom. The van der Waals surface area contributed by atoms with Crippen molar-refractivity contribution in [3.8, 4) is 0 Å². The van der Waals surface area contributed by atoms with Crippen molar-refractivity contribution in [3.05, 3.63) is 29.8 Å². The molecule has 0 aromatic heterocycles. The fourth-order valence-electron chi connectivity index (χ4n) is 2.37. The van der Waals surface area contributed by atoms with Crippen LogP contribution in [0, 0.1) is 0 Å². The third-order valence-corrected chi connectivity index (χ3v) is 3.62. The van der Waals surface area contributed by atoms with E-state index in [1.54, 1.807) is 17.0 Å². The van der Waals surface area contributed by atoms with E-state index >= 15 is 0 Å². The van der Waals surface area contributed by atoms with Gasteiger partial charge in [-0.25, -0.2) is 4.79 Å². The van der Waals surface area contributed by atoms with Gasteiger partial charge in [0.05, 0.1) is 6.10 Å². The average molecular weight is 292 g/mol. The maximum atomic E-state index is 12.2. The lowest BCUT2D eigenvalue weighted by Crippen LogP contribution is -2.42. The van der Waals surface area contributed by atoms with Crippen LogP contribution in [-0.4, -0.2) is 46.3 Å². The van der Waals surface area contributed by atoms with Crippen LogP contribution in [0.15, 0.2) is 24.3 Å². The molecule has 6 nitrogen and oxygen atoms in total. The predicted octanol–water partition coefficient (Wildman–Crippen LogP) is 1.69. The fraction of sp³-hybridized carbons (Fsp3) is 0.467. The van der Waals surface area contributed by atoms with Crippen molar-refractivity contribution in [1.82, 2.24) is 4.90 Å². The molecule has 0 bridgehead atoms. The number of nitrogens with one attached hydrogen (secondary N) is 1. The molecule has 114 valence electrons. The first-order valence-electron chi connectivity index (χ1n) is 7.10. The highest BCUT2D eigenvalue weighted by molar-refractivity contribution is 5.90. The van der Waals surface area contributed by atoms with Gasteiger partial charge in [-0.2, -0.15) is 0 Å². The van der Waals surface area contributed by atoms with E-state index in [1.165, 1.54) is 0 Å². The second-order valence-electron chi connectivity index (χ2n) is 5.20. The van der Waals surface area contributed by atoms with Crippen LogP contribution in [0.1, 0.15) is 24.8 Å². The highest BCUT2D eigenvalue weighted by atomic mass is 16.4. The molecular weight excluding hydrogens is 272 g/mol. The summed E-state index contributed by atoms with van der Waals surface area (Å²) in [6.07, 6.45) is 1.27. The number of hydrogen-bond donors (Lipinski definition) is 3. The molecule has 1 aromatic carbocycles. The van der Waals surface area contributed by atoms with Gasteiger partial charge < -0.3 is 20.4 Å². The van der Waals surface area contributed by atoms with Crippen molar-refractivity contribution in [2.75, 3.05) is 18.4 Å². The Hall–Kier alpha value is -2.08. The molecule has 0 unspecified atom stereocenters. The summed E-state index contributed by atoms with van der Waals surface area (Å²) >= 11 is 0. The quantitative estimate of drug-likeness (QED) is 0.787. The largest absolute Gasteiger partial charge is 0.481 e. The molecule has 1 saturated heterocycles. The molecule has 1 aliphatic rings. The zero-order chi connectivity index (χ0) is 15.2. The maximum Gasteiger partial charge on any atom is 0.321 e. The number of nitrogens with zero attached hydrogens (tertiary/aromatic N) is 1. The van der Waals surface area contributed by atoms with E-state index in [1.807, 2.05) is 12.1 Å². The van der Waals surface area contributed by atoms with Gasteiger partial charge in [-0.3, -0.25) is 4.79 Å². The summed E-state index contributed by atoms with van der Waals surface area (Å²) in [6, 6.07) is 7.01. The summed E-state index contributed by atoms with van der Waals surface area (Å²) in [5.74, 6) is -0.860. The summed E-state index contributed by atoms with van der Waals surface area (Å²) in [4.78, 5) is 24.5. The topological polar surface area (TPSA) is 89.9 Å². The van der Waals surface area contributed by atoms with Gasteiger partial charge in [-0.05, 0) is 30.9 Å². The maximum absolute atomic E-state index is 12.2. The molecule has 0 spiro atoms. The number of amides is 2. The third kappa shape index (κ3) is 4.46. The predicted molar refractivity (Wildman–Crippen MR) is 78.2 cm³/mol. The number of piperidine rings is 1. The summed E-state index contributed by atoms with van der Waals surface area (Å²) < 4.78 is 0. The first kappa shape index (κ1) is 15.3. The minimum absolute atomic E-state index is 0.0305. The standard InChI is InChI=1S/C15H20N2O4/c18-12-7-9-17(10-8-12)15(21)16-13-4-2-1-3-11(13)5-6-14(19)20/h1-4,12,18H,5-10H2,(H,16,21)(H,19,20). The minimum atomic E-state index is -0.860. The van der Waals surface area contributed by atoms with Crippen molar-refractivity contribution < 1.29 is 19.8 Å². The van der Waals surface area contributed by atoms with Crippen molar-refractivity contribution >= 4 is 17.7 Å². The van der Waals surface area contributed by atoms with E-state index in [0.717, 1.165) is 5.56 Å². The Balaban J connectivity index is 1.98. The number of carbonyl (C=O) groups is 2. The highest BCUT2D eigenvalue weighted by Gasteiger charge is 2.21. The normalized spacial score (nSPS) is 15.8. The molecule has 2 rings (SSSR count). The van der Waals surface area contributed by atoms with Crippen LogP contribution in [-0.2, 0) is 11.2 Å². The number of anilines is 1. The zero-order valence-corrected chi connectivity index (χ0v) is 11.8. The van der Waals surface area contributed by atoms with Gasteiger partial charge in [0.15, 0.2) is 0 Å². The van der Waals surface area contributed by atoms with Gasteiger partial charge in [0.1, 0.15) is 0 Å². The van der Waals surface area contributed by atoms with Crippen molar-refractivity contribution in [2.45, 2.75) is 31.8 Å². The number of rotatable bonds is 4. The summed E-state index contributed by atoms with van der Waals surface area (Å²) in [6.45, 7) is 1.06. The first-order chi connectivity index (χ1) is 10.1. The van der Waals surface area contributed by atoms with Crippen LogP contribution in [0.25, 0.3) is 0 Å². The average Bonchev–Trinajstić information content (AvgIpc) is 2.47. The third-order valence-electron chi connectivity index (χ3n) is 3.62. The van der Waals surface area contributed by atoms with E-state index < -0.39 is 5.97 Å². The van der Waals surface area contributed by atoms with Crippen molar-refractivity contribution in [3.63, 3.8) is 0 Å². The molecule has 0 aliphatic carbocycles. The molecular formula is C15H20N2O4. The second kappa shape index (κ2) is 7.08. The molecule has 21 heavy (non-hydrogen) atoms. The Bertz CT molecular complexity index is 510. The second-order valence-corrected chi connectivity index (χ2v) is 5.20. The van der Waals surface area contributed by atoms with Crippen LogP contribution in [0.5, 0.6) is 0 Å². The van der Waals surface area contributed by atoms with Gasteiger partial charge in [0.2, 0.25) is 0 Å². The van der Waals surface area contributed by atoms with Gasteiger partial charge in [0, 0.05) is 25.2 Å². The van der Waals surface area contributed by atoms with Crippen LogP contribution >= 0.6 is 0 Å². The molecule has 1 fully saturated rings. The van der Waals surface area contributed by atoms with E-state index in [2.05, 4.69) is 5.32 Å². The number of para-hydroxylation sites is 1. The molecule has 1 heterocycles. The lowest BCUT2D eigenvalue weighted by atomic mass is 10.1. The number of aliphatic hydroxyl groups is 1. The summed E-state index contributed by atoms with van der Waals surface area (Å²) in [5, 5.41) is 21.0. The number of aliphatic carboxylic acids is 1. The Morgan fingerprint density at radius 3 is 2.57 bits per heavy atom. The number of likely N-dealkylation sites (tertiary alicyclic amines) is 1. The molecule has 0 saturated carbocycles. The van der Waals surface area contributed by atoms with E-state index in [0.29, 0.717) is 38.0 Å². The number of hydrogen-bond acceptors (Lipinski definition) is 3. The molecule has 3 N–H and O–H groups in total. The Labute approximate surface area is 123 Å². The number of carboxylic acids is 1.